The smallest absolute Gasteiger partial charge is 0.179 e. The largest absolute Gasteiger partial charge is 0.496 e. The van der Waals surface area contributed by atoms with Crippen molar-refractivity contribution in [2.75, 3.05) is 14.2 Å². The summed E-state index contributed by atoms with van der Waals surface area (Å²) in [6, 6.07) is 123. The van der Waals surface area contributed by atoms with Gasteiger partial charge in [0.05, 0.1) is 14.2 Å². The molecule has 0 fully saturated rings. The van der Waals surface area contributed by atoms with Gasteiger partial charge in [-0.25, -0.2) is 0 Å². The molecule has 12 rings (SSSR count). The van der Waals surface area contributed by atoms with E-state index in [0.717, 1.165) is 34.9 Å². The second-order valence-corrected chi connectivity index (χ2v) is 32.5. The Morgan fingerprint density at radius 3 is 0.634 bits per heavy atom. The molecule has 12 aromatic carbocycles. The van der Waals surface area contributed by atoms with Crippen molar-refractivity contribution in [3.05, 3.63) is 339 Å². The van der Waals surface area contributed by atoms with E-state index in [2.05, 4.69) is 328 Å². The lowest BCUT2D eigenvalue weighted by atomic mass is 9.94. The Morgan fingerprint density at radius 1 is 0.244 bits per heavy atom. The Balaban J connectivity index is 1.31. The number of methoxy groups -OCH3 is 2. The van der Waals surface area contributed by atoms with Crippen LogP contribution in [-0.4, -0.2) is 30.4 Å². The van der Waals surface area contributed by atoms with Crippen LogP contribution in [-0.2, 0) is 12.3 Å². The van der Waals surface area contributed by atoms with E-state index in [1.807, 2.05) is 14.2 Å². The fourth-order valence-electron chi connectivity index (χ4n) is 12.6. The maximum absolute atomic E-state index is 7.01. The normalized spacial score (nSPS) is 11.6. The molecule has 2 nitrogen and oxygen atoms in total. The predicted molar refractivity (Wildman–Crippen MR) is 358 cm³/mol. The van der Waals surface area contributed by atoms with Gasteiger partial charge in [0.25, 0.3) is 0 Å². The van der Waals surface area contributed by atoms with Crippen LogP contribution in [0.25, 0.3) is 11.1 Å². The molecule has 0 radical (unpaired) electrons. The molecule has 12 aromatic rings. The summed E-state index contributed by atoms with van der Waals surface area (Å²) in [4.78, 5) is 0. The van der Waals surface area contributed by atoms with E-state index in [0.29, 0.717) is 0 Å². The van der Waals surface area contributed by atoms with Crippen molar-refractivity contribution >= 4 is 94.7 Å². The van der Waals surface area contributed by atoms with E-state index < -0.39 is 32.0 Å². The number of rotatable bonds is 19. The number of ether oxygens (including phenoxy) is 2. The van der Waals surface area contributed by atoms with Crippen LogP contribution in [0.5, 0.6) is 11.5 Å². The van der Waals surface area contributed by atoms with Gasteiger partial charge in [-0.05, 0) is 102 Å². The van der Waals surface area contributed by atoms with E-state index in [1.165, 1.54) is 73.8 Å². The van der Waals surface area contributed by atoms with Gasteiger partial charge in [0.1, 0.15) is 11.5 Å². The van der Waals surface area contributed by atoms with Crippen molar-refractivity contribution in [1.29, 1.82) is 0 Å². The Hall–Kier alpha value is -8.47. The van der Waals surface area contributed by atoms with Gasteiger partial charge in [-0.1, -0.05) is 315 Å². The lowest BCUT2D eigenvalue weighted by molar-refractivity contribution is 0.410. The molecule has 82 heavy (non-hydrogen) atoms. The molecule has 0 atom stereocenters. The molecule has 0 aromatic heterocycles. The van der Waals surface area contributed by atoms with Gasteiger partial charge in [-0.3, -0.25) is 0 Å². The van der Waals surface area contributed by atoms with Crippen LogP contribution in [0, 0.1) is 0 Å². The number of benzene rings is 12. The minimum absolute atomic E-state index is 0.726. The topological polar surface area (TPSA) is 18.5 Å². The average Bonchev–Trinajstić information content (AvgIpc) is 2.92. The third-order valence-electron chi connectivity index (χ3n) is 16.2. The highest BCUT2D eigenvalue weighted by molar-refractivity contribution is 7.72. The predicted octanol–water partition coefficient (Wildman–Crippen LogP) is 11.4. The highest BCUT2D eigenvalue weighted by atomic mass is 31.1. The van der Waals surface area contributed by atoms with Gasteiger partial charge >= 0.3 is 0 Å². The van der Waals surface area contributed by atoms with Crippen molar-refractivity contribution in [3.8, 4) is 22.6 Å². The fraction of sp³-hybridized carbons (Fsp3) is 0.0526. The van der Waals surface area contributed by atoms with E-state index in [-0.39, 0.29) is 0 Å². The molecule has 0 spiro atoms. The molecule has 6 heteroatoms. The molecule has 0 saturated carbocycles. The molecule has 398 valence electrons. The summed E-state index contributed by atoms with van der Waals surface area (Å²) in [5.74, 6) is 1.64. The van der Waals surface area contributed by atoms with Crippen molar-refractivity contribution in [3.63, 3.8) is 0 Å². The van der Waals surface area contributed by atoms with E-state index in [1.54, 1.807) is 0 Å². The average molecular weight is 1130 g/mol. The first-order valence-corrected chi connectivity index (χ1v) is 35.2. The lowest BCUT2D eigenvalue weighted by Crippen LogP contribution is -2.75. The van der Waals surface area contributed by atoms with Crippen LogP contribution in [0.15, 0.2) is 328 Å². The van der Waals surface area contributed by atoms with Crippen LogP contribution in [0.3, 0.4) is 0 Å². The van der Waals surface area contributed by atoms with Crippen LogP contribution < -0.4 is 72.2 Å². The molecule has 0 aliphatic carbocycles. The Morgan fingerprint density at radius 2 is 0.439 bits per heavy atom. The van der Waals surface area contributed by atoms with Crippen LogP contribution in [0.4, 0.5) is 0 Å². The maximum atomic E-state index is 7.01. The third-order valence-corrected chi connectivity index (χ3v) is 30.9. The van der Waals surface area contributed by atoms with E-state index in [4.69, 9.17) is 9.47 Å². The first-order valence-electron chi connectivity index (χ1n) is 28.1. The minimum atomic E-state index is -3.28. The summed E-state index contributed by atoms with van der Waals surface area (Å²) >= 11 is 0. The maximum Gasteiger partial charge on any atom is 0.179 e. The lowest BCUT2D eigenvalue weighted by Gasteiger charge is -2.39. The minimum Gasteiger partial charge on any atom is -0.496 e. The number of hydrogen-bond acceptors (Lipinski definition) is 2. The van der Waals surface area contributed by atoms with Crippen LogP contribution >= 0.6 is 15.8 Å². The van der Waals surface area contributed by atoms with Gasteiger partial charge in [-0.15, -0.1) is 0 Å². The summed E-state index contributed by atoms with van der Waals surface area (Å²) in [6.45, 7) is 0. The van der Waals surface area contributed by atoms with Crippen LogP contribution in [0.1, 0.15) is 11.1 Å². The SMILES string of the molecule is COc1ccc([Si](c2ccccc2)(c2ccccc2)c2ccccc2)c(CP(c2ccccc2)c2ccccc2)c1-c1c(OC)ccc([Si](c2ccccc2)(c2ccccc2)c2ccccc2)c1CP(c1ccccc1)c1ccccc1. The second-order valence-electron chi connectivity index (χ2n) is 20.5. The van der Waals surface area contributed by atoms with Gasteiger partial charge in [0, 0.05) is 23.5 Å². The summed E-state index contributed by atoms with van der Waals surface area (Å²) < 4.78 is 14.0. The molecule has 0 heterocycles. The second kappa shape index (κ2) is 25.1. The molecule has 0 saturated heterocycles. The van der Waals surface area contributed by atoms with Crippen molar-refractivity contribution in [1.82, 2.24) is 0 Å². The van der Waals surface area contributed by atoms with Gasteiger partial charge < -0.3 is 9.47 Å². The molecular formula is C76H64O2P2Si2. The first-order chi connectivity index (χ1) is 40.6. The number of hydrogen-bond donors (Lipinski definition) is 0. The summed E-state index contributed by atoms with van der Waals surface area (Å²) in [5, 5.41) is 15.8. The zero-order chi connectivity index (χ0) is 55.6. The fourth-order valence-corrected chi connectivity index (χ4v) is 27.7. The highest BCUT2D eigenvalue weighted by Crippen LogP contribution is 2.50. The van der Waals surface area contributed by atoms with Gasteiger partial charge in [0.15, 0.2) is 16.1 Å². The Labute approximate surface area is 489 Å². The quantitative estimate of drug-likeness (QED) is 0.0456. The highest BCUT2D eigenvalue weighted by Gasteiger charge is 2.47. The molecular weight excluding hydrogens is 1060 g/mol. The molecule has 0 bridgehead atoms. The standard InChI is InChI=1S/C76H64O2P2Si2/c1-77-71-53-55-73(81(63-41-21-7-22-42-63,64-43-23-8-24-44-64)65-45-25-9-26-46-65)69(57-79(59-33-13-3-14-34-59)60-35-15-4-16-36-60)75(71)76-70(58-80(61-37-17-5-18-38-61)62-39-19-6-20-40-62)74(56-54-72(76)78-2)82(66-47-27-10-28-48-66,67-49-29-11-30-50-67)68-51-31-12-32-52-68/h3-56H,57-58H2,1-2H3. The van der Waals surface area contributed by atoms with Crippen LogP contribution in [0.2, 0.25) is 0 Å². The van der Waals surface area contributed by atoms with E-state index >= 15 is 0 Å². The Kier molecular flexibility index (Phi) is 16.6. The Bertz CT molecular complexity index is 3440. The summed E-state index contributed by atoms with van der Waals surface area (Å²) in [7, 11) is -4.89. The molecule has 0 aliphatic heterocycles. The van der Waals surface area contributed by atoms with Crippen molar-refractivity contribution in [2.45, 2.75) is 12.3 Å². The third kappa shape index (κ3) is 10.3. The molecule has 0 amide bonds. The summed E-state index contributed by atoms with van der Waals surface area (Å²) in [6.07, 6.45) is 1.45. The molecule has 0 N–H and O–H groups in total. The summed E-state index contributed by atoms with van der Waals surface area (Å²) in [5.41, 5.74) is 4.71. The first kappa shape index (κ1) is 54.1. The molecule has 0 unspecified atom stereocenters. The van der Waals surface area contributed by atoms with Crippen molar-refractivity contribution < 1.29 is 9.47 Å². The van der Waals surface area contributed by atoms with E-state index in [9.17, 15) is 0 Å². The zero-order valence-electron chi connectivity index (χ0n) is 46.3. The monoisotopic (exact) mass is 1130 g/mol. The van der Waals surface area contributed by atoms with Gasteiger partial charge in [0.2, 0.25) is 0 Å². The van der Waals surface area contributed by atoms with Crippen molar-refractivity contribution in [2.24, 2.45) is 0 Å². The molecule has 0 aliphatic rings. The van der Waals surface area contributed by atoms with Gasteiger partial charge in [-0.2, -0.15) is 0 Å². The zero-order valence-corrected chi connectivity index (χ0v) is 50.1.